The minimum atomic E-state index is -0.147. The van der Waals surface area contributed by atoms with E-state index >= 15 is 0 Å². The first-order chi connectivity index (χ1) is 10.9. The number of carbonyl (C=O) groups is 1. The number of ether oxygens (including phenoxy) is 1. The first kappa shape index (κ1) is 17.4. The van der Waals surface area contributed by atoms with E-state index in [0.29, 0.717) is 10.8 Å². The van der Waals surface area contributed by atoms with Crippen molar-refractivity contribution in [1.82, 2.24) is 5.32 Å². The second-order valence-corrected chi connectivity index (χ2v) is 6.26. The van der Waals surface area contributed by atoms with E-state index in [1.54, 1.807) is 12.1 Å². The van der Waals surface area contributed by atoms with Gasteiger partial charge in [-0.05, 0) is 62.6 Å². The van der Waals surface area contributed by atoms with Crippen LogP contribution in [0.2, 0.25) is 5.02 Å². The van der Waals surface area contributed by atoms with E-state index in [4.69, 9.17) is 16.3 Å². The highest BCUT2D eigenvalue weighted by atomic mass is 35.5. The van der Waals surface area contributed by atoms with Crippen molar-refractivity contribution in [3.8, 4) is 5.75 Å². The molecule has 2 aromatic carbocycles. The molecule has 0 fully saturated rings. The van der Waals surface area contributed by atoms with Crippen LogP contribution >= 0.6 is 11.6 Å². The predicted octanol–water partition coefficient (Wildman–Crippen LogP) is 4.52. The highest BCUT2D eigenvalue weighted by Gasteiger charge is 2.12. The van der Waals surface area contributed by atoms with Gasteiger partial charge < -0.3 is 10.1 Å². The van der Waals surface area contributed by atoms with Crippen LogP contribution in [0, 0.1) is 20.8 Å². The second kappa shape index (κ2) is 7.51. The maximum absolute atomic E-state index is 12.1. The minimum Gasteiger partial charge on any atom is -0.484 e. The van der Waals surface area contributed by atoms with Gasteiger partial charge in [-0.25, -0.2) is 0 Å². The van der Waals surface area contributed by atoms with Gasteiger partial charge in [0.1, 0.15) is 5.75 Å². The molecule has 0 aromatic heterocycles. The molecule has 0 saturated heterocycles. The van der Waals surface area contributed by atoms with Crippen LogP contribution in [-0.2, 0) is 4.79 Å². The smallest absolute Gasteiger partial charge is 0.258 e. The quantitative estimate of drug-likeness (QED) is 0.874. The summed E-state index contributed by atoms with van der Waals surface area (Å²) in [4.78, 5) is 12.1. The summed E-state index contributed by atoms with van der Waals surface area (Å²) in [6, 6.07) is 11.5. The number of nitrogens with one attached hydrogen (secondary N) is 1. The molecule has 0 saturated carbocycles. The first-order valence-electron chi connectivity index (χ1n) is 7.62. The van der Waals surface area contributed by atoms with Gasteiger partial charge in [0.2, 0.25) is 0 Å². The number of halogens is 1. The van der Waals surface area contributed by atoms with Crippen molar-refractivity contribution in [2.24, 2.45) is 0 Å². The molecular formula is C19H22ClNO2. The van der Waals surface area contributed by atoms with Gasteiger partial charge in [0.15, 0.2) is 6.61 Å². The van der Waals surface area contributed by atoms with Gasteiger partial charge in [0, 0.05) is 5.02 Å². The van der Waals surface area contributed by atoms with Crippen LogP contribution in [0.3, 0.4) is 0 Å². The van der Waals surface area contributed by atoms with Crippen molar-refractivity contribution in [2.45, 2.75) is 33.7 Å². The van der Waals surface area contributed by atoms with Gasteiger partial charge in [-0.3, -0.25) is 4.79 Å². The highest BCUT2D eigenvalue weighted by Crippen LogP contribution is 2.21. The Labute approximate surface area is 142 Å². The molecule has 0 bridgehead atoms. The van der Waals surface area contributed by atoms with Crippen molar-refractivity contribution in [1.29, 1.82) is 0 Å². The van der Waals surface area contributed by atoms with E-state index in [9.17, 15) is 4.79 Å². The van der Waals surface area contributed by atoms with Crippen molar-refractivity contribution in [3.05, 3.63) is 63.7 Å². The van der Waals surface area contributed by atoms with Gasteiger partial charge in [-0.2, -0.15) is 0 Å². The van der Waals surface area contributed by atoms with Gasteiger partial charge in [0.25, 0.3) is 5.91 Å². The molecule has 0 unspecified atom stereocenters. The fraction of sp³-hybridized carbons (Fsp3) is 0.316. The number of rotatable bonds is 5. The van der Waals surface area contributed by atoms with Gasteiger partial charge in [0.05, 0.1) is 6.04 Å². The lowest BCUT2D eigenvalue weighted by Crippen LogP contribution is -2.31. The summed E-state index contributed by atoms with van der Waals surface area (Å²) in [5.41, 5.74) is 4.39. The van der Waals surface area contributed by atoms with Gasteiger partial charge in [-0.15, -0.1) is 0 Å². The third-order valence-corrected chi connectivity index (χ3v) is 4.20. The predicted molar refractivity (Wildman–Crippen MR) is 94.2 cm³/mol. The molecule has 1 N–H and O–H groups in total. The summed E-state index contributed by atoms with van der Waals surface area (Å²) in [6.45, 7) is 7.95. The third kappa shape index (κ3) is 4.73. The number of amides is 1. The standard InChI is InChI=1S/C19H22ClNO2/c1-12-5-6-13(2)17(9-12)15(4)21-19(22)11-23-16-7-8-18(20)14(3)10-16/h5-10,15H,11H2,1-4H3,(H,21,22)/t15-/m0/s1. The number of carbonyl (C=O) groups excluding carboxylic acids is 1. The van der Waals surface area contributed by atoms with Crippen LogP contribution < -0.4 is 10.1 Å². The molecule has 0 aliphatic heterocycles. The van der Waals surface area contributed by atoms with E-state index in [0.717, 1.165) is 16.7 Å². The topological polar surface area (TPSA) is 38.3 Å². The zero-order valence-corrected chi connectivity index (χ0v) is 14.7. The molecule has 1 atom stereocenters. The van der Waals surface area contributed by atoms with Crippen LogP contribution in [0.4, 0.5) is 0 Å². The van der Waals surface area contributed by atoms with E-state index < -0.39 is 0 Å². The Bertz CT molecular complexity index is 713. The Morgan fingerprint density at radius 3 is 2.57 bits per heavy atom. The maximum Gasteiger partial charge on any atom is 0.258 e. The average molecular weight is 332 g/mol. The number of aryl methyl sites for hydroxylation is 3. The maximum atomic E-state index is 12.1. The fourth-order valence-corrected chi connectivity index (χ4v) is 2.56. The zero-order chi connectivity index (χ0) is 17.0. The van der Waals surface area contributed by atoms with Crippen LogP contribution in [0.1, 0.15) is 35.2 Å². The lowest BCUT2D eigenvalue weighted by atomic mass is 10.00. The van der Waals surface area contributed by atoms with Crippen molar-refractivity contribution in [2.75, 3.05) is 6.61 Å². The van der Waals surface area contributed by atoms with E-state index in [2.05, 4.69) is 23.5 Å². The lowest BCUT2D eigenvalue weighted by Gasteiger charge is -2.17. The number of benzene rings is 2. The molecule has 23 heavy (non-hydrogen) atoms. The largest absolute Gasteiger partial charge is 0.484 e. The molecule has 0 aliphatic carbocycles. The van der Waals surface area contributed by atoms with Crippen molar-refractivity contribution >= 4 is 17.5 Å². The molecule has 0 heterocycles. The van der Waals surface area contributed by atoms with E-state index in [1.165, 1.54) is 5.56 Å². The Balaban J connectivity index is 1.93. The van der Waals surface area contributed by atoms with Crippen molar-refractivity contribution in [3.63, 3.8) is 0 Å². The number of hydrogen-bond donors (Lipinski definition) is 1. The zero-order valence-electron chi connectivity index (χ0n) is 13.9. The summed E-state index contributed by atoms with van der Waals surface area (Å²) >= 11 is 5.97. The first-order valence-corrected chi connectivity index (χ1v) is 8.00. The van der Waals surface area contributed by atoms with Crippen LogP contribution in [0.5, 0.6) is 5.75 Å². The van der Waals surface area contributed by atoms with Crippen LogP contribution in [-0.4, -0.2) is 12.5 Å². The average Bonchev–Trinajstić information content (AvgIpc) is 2.50. The third-order valence-electron chi connectivity index (χ3n) is 3.78. The molecule has 2 aromatic rings. The molecule has 4 heteroatoms. The summed E-state index contributed by atoms with van der Waals surface area (Å²) in [7, 11) is 0. The molecule has 0 radical (unpaired) electrons. The molecule has 122 valence electrons. The molecule has 0 aliphatic rings. The second-order valence-electron chi connectivity index (χ2n) is 5.85. The lowest BCUT2D eigenvalue weighted by molar-refractivity contribution is -0.123. The van der Waals surface area contributed by atoms with Crippen LogP contribution in [0.25, 0.3) is 0 Å². The molecule has 1 amide bonds. The molecule has 3 nitrogen and oxygen atoms in total. The summed E-state index contributed by atoms with van der Waals surface area (Å²) in [6.07, 6.45) is 0. The summed E-state index contributed by atoms with van der Waals surface area (Å²) < 4.78 is 5.52. The van der Waals surface area contributed by atoms with Gasteiger partial charge in [-0.1, -0.05) is 35.4 Å². The van der Waals surface area contributed by atoms with Crippen molar-refractivity contribution < 1.29 is 9.53 Å². The summed E-state index contributed by atoms with van der Waals surface area (Å²) in [5, 5.41) is 3.66. The Kier molecular flexibility index (Phi) is 5.67. The molecule has 0 spiro atoms. The fourth-order valence-electron chi connectivity index (χ4n) is 2.44. The van der Waals surface area contributed by atoms with E-state index in [1.807, 2.05) is 33.8 Å². The Morgan fingerprint density at radius 2 is 1.87 bits per heavy atom. The normalized spacial score (nSPS) is 11.9. The molecule has 2 rings (SSSR count). The van der Waals surface area contributed by atoms with Gasteiger partial charge >= 0.3 is 0 Å². The molecular weight excluding hydrogens is 310 g/mol. The number of hydrogen-bond acceptors (Lipinski definition) is 2. The SMILES string of the molecule is Cc1ccc(C)c([C@H](C)NC(=O)COc2ccc(Cl)c(C)c2)c1. The Morgan fingerprint density at radius 1 is 1.13 bits per heavy atom. The van der Waals surface area contributed by atoms with Crippen LogP contribution in [0.15, 0.2) is 36.4 Å². The highest BCUT2D eigenvalue weighted by molar-refractivity contribution is 6.31. The van der Waals surface area contributed by atoms with E-state index in [-0.39, 0.29) is 18.6 Å². The minimum absolute atomic E-state index is 0.0176. The monoisotopic (exact) mass is 331 g/mol. The summed E-state index contributed by atoms with van der Waals surface area (Å²) in [5.74, 6) is 0.493. The Hall–Kier alpha value is -2.00.